The van der Waals surface area contributed by atoms with Gasteiger partial charge in [-0.1, -0.05) is 54.1 Å². The van der Waals surface area contributed by atoms with E-state index in [4.69, 9.17) is 10.7 Å². The predicted molar refractivity (Wildman–Crippen MR) is 89.5 cm³/mol. The number of nitrogens with zero attached hydrogens (tertiary/aromatic N) is 1. The van der Waals surface area contributed by atoms with E-state index in [1.165, 1.54) is 10.9 Å². The third-order valence-electron chi connectivity index (χ3n) is 3.49. The maximum absolute atomic E-state index is 5.60. The summed E-state index contributed by atoms with van der Waals surface area (Å²) in [5.74, 6) is 0.900. The van der Waals surface area contributed by atoms with Gasteiger partial charge in [-0.2, -0.15) is 0 Å². The van der Waals surface area contributed by atoms with E-state index in [1.54, 1.807) is 0 Å². The van der Waals surface area contributed by atoms with Gasteiger partial charge < -0.3 is 11.1 Å². The first-order valence-electron chi connectivity index (χ1n) is 7.19. The number of pyridine rings is 1. The molecule has 0 aliphatic heterocycles. The van der Waals surface area contributed by atoms with Crippen LogP contribution in [-0.4, -0.2) is 18.1 Å². The average Bonchev–Trinajstić information content (AvgIpc) is 2.52. The Morgan fingerprint density at radius 3 is 2.62 bits per heavy atom. The first-order chi connectivity index (χ1) is 10.3. The minimum absolute atomic E-state index is 0.588. The second-order valence-corrected chi connectivity index (χ2v) is 5.16. The maximum Gasteiger partial charge on any atom is 0.134 e. The van der Waals surface area contributed by atoms with Gasteiger partial charge in [0, 0.05) is 24.0 Å². The fourth-order valence-corrected chi connectivity index (χ4v) is 2.46. The molecular weight excluding hydrogens is 258 g/mol. The van der Waals surface area contributed by atoms with E-state index in [2.05, 4.69) is 48.6 Å². The highest BCUT2D eigenvalue weighted by molar-refractivity contribution is 5.95. The normalized spacial score (nSPS) is 10.8. The molecule has 21 heavy (non-hydrogen) atoms. The van der Waals surface area contributed by atoms with Gasteiger partial charge in [-0.05, 0) is 18.4 Å². The molecule has 0 spiro atoms. The molecule has 1 heterocycles. The zero-order valence-corrected chi connectivity index (χ0v) is 12.1. The van der Waals surface area contributed by atoms with E-state index in [-0.39, 0.29) is 0 Å². The molecule has 0 aliphatic carbocycles. The highest BCUT2D eigenvalue weighted by atomic mass is 15.0. The zero-order chi connectivity index (χ0) is 14.7. The number of fused-ring (bicyclic) bond motifs is 1. The first-order valence-corrected chi connectivity index (χ1v) is 7.19. The monoisotopic (exact) mass is 277 g/mol. The number of rotatable bonds is 4. The molecular formula is C18H19N3. The summed E-state index contributed by atoms with van der Waals surface area (Å²) in [6.07, 6.45) is 0. The highest BCUT2D eigenvalue weighted by Crippen LogP contribution is 2.28. The molecule has 0 bridgehead atoms. The lowest BCUT2D eigenvalue weighted by molar-refractivity contribution is 1.02. The number of anilines is 1. The maximum atomic E-state index is 5.60. The molecule has 1 aromatic heterocycles. The van der Waals surface area contributed by atoms with Crippen LogP contribution in [0.1, 0.15) is 5.56 Å². The largest absolute Gasteiger partial charge is 0.368 e. The Balaban J connectivity index is 2.17. The van der Waals surface area contributed by atoms with Crippen molar-refractivity contribution >= 4 is 16.6 Å². The van der Waals surface area contributed by atoms with Crippen LogP contribution in [0.25, 0.3) is 22.0 Å². The molecule has 0 unspecified atom stereocenters. The van der Waals surface area contributed by atoms with Gasteiger partial charge in [0.05, 0.1) is 5.69 Å². The smallest absolute Gasteiger partial charge is 0.134 e. The molecule has 3 aromatic rings. The Morgan fingerprint density at radius 2 is 1.86 bits per heavy atom. The minimum atomic E-state index is 0.588. The van der Waals surface area contributed by atoms with E-state index in [0.29, 0.717) is 13.1 Å². The van der Waals surface area contributed by atoms with Crippen LogP contribution >= 0.6 is 0 Å². The molecule has 0 fully saturated rings. The molecule has 3 heteroatoms. The molecule has 106 valence electrons. The lowest BCUT2D eigenvalue weighted by Crippen LogP contribution is -2.14. The Hall–Kier alpha value is -2.39. The Morgan fingerprint density at radius 1 is 1.05 bits per heavy atom. The quantitative estimate of drug-likeness (QED) is 0.766. The van der Waals surface area contributed by atoms with E-state index < -0.39 is 0 Å². The standard InChI is InChI=1S/C18H19N3/c1-13-7-8-16-15(11-13)12-17(14-5-3-2-4-6-14)21-18(16)20-10-9-19/h2-8,11-12H,9-10,19H2,1H3,(H,20,21). The number of nitrogens with one attached hydrogen (secondary N) is 1. The lowest BCUT2D eigenvalue weighted by Gasteiger charge is -2.11. The highest BCUT2D eigenvalue weighted by Gasteiger charge is 2.07. The van der Waals surface area contributed by atoms with Crippen LogP contribution < -0.4 is 11.1 Å². The first kappa shape index (κ1) is 13.6. The van der Waals surface area contributed by atoms with Gasteiger partial charge in [-0.3, -0.25) is 0 Å². The molecule has 3 nitrogen and oxygen atoms in total. The summed E-state index contributed by atoms with van der Waals surface area (Å²) in [6, 6.07) is 18.8. The third kappa shape index (κ3) is 2.88. The van der Waals surface area contributed by atoms with Crippen molar-refractivity contribution in [1.82, 2.24) is 4.98 Å². The summed E-state index contributed by atoms with van der Waals surface area (Å²) in [7, 11) is 0. The van der Waals surface area contributed by atoms with Crippen LogP contribution in [0.5, 0.6) is 0 Å². The van der Waals surface area contributed by atoms with E-state index >= 15 is 0 Å². The van der Waals surface area contributed by atoms with Gasteiger partial charge in [0.15, 0.2) is 0 Å². The number of aryl methyl sites for hydroxylation is 1. The third-order valence-corrected chi connectivity index (χ3v) is 3.49. The van der Waals surface area contributed by atoms with Gasteiger partial charge in [0.1, 0.15) is 5.82 Å². The molecule has 3 N–H and O–H groups in total. The SMILES string of the molecule is Cc1ccc2c(NCCN)nc(-c3ccccc3)cc2c1. The van der Waals surface area contributed by atoms with E-state index in [1.807, 2.05) is 18.2 Å². The Bertz CT molecular complexity index is 751. The zero-order valence-electron chi connectivity index (χ0n) is 12.1. The average molecular weight is 277 g/mol. The summed E-state index contributed by atoms with van der Waals surface area (Å²) in [4.78, 5) is 4.77. The predicted octanol–water partition coefficient (Wildman–Crippen LogP) is 3.58. The van der Waals surface area contributed by atoms with Gasteiger partial charge in [0.2, 0.25) is 0 Å². The summed E-state index contributed by atoms with van der Waals surface area (Å²) in [5.41, 5.74) is 8.95. The fourth-order valence-electron chi connectivity index (χ4n) is 2.46. The minimum Gasteiger partial charge on any atom is -0.368 e. The van der Waals surface area contributed by atoms with Crippen LogP contribution in [0.2, 0.25) is 0 Å². The van der Waals surface area contributed by atoms with Crippen LogP contribution in [0.3, 0.4) is 0 Å². The van der Waals surface area contributed by atoms with Crippen molar-refractivity contribution in [3.8, 4) is 11.3 Å². The Kier molecular flexibility index (Phi) is 3.84. The van der Waals surface area contributed by atoms with Crippen molar-refractivity contribution in [2.45, 2.75) is 6.92 Å². The number of aromatic nitrogens is 1. The van der Waals surface area contributed by atoms with Gasteiger partial charge in [0.25, 0.3) is 0 Å². The van der Waals surface area contributed by atoms with Crippen LogP contribution in [0.15, 0.2) is 54.6 Å². The number of nitrogens with two attached hydrogens (primary N) is 1. The molecule has 3 rings (SSSR count). The number of hydrogen-bond donors (Lipinski definition) is 2. The van der Waals surface area contributed by atoms with Gasteiger partial charge >= 0.3 is 0 Å². The second kappa shape index (κ2) is 5.94. The van der Waals surface area contributed by atoms with Crippen LogP contribution in [0, 0.1) is 6.92 Å². The number of benzene rings is 2. The van der Waals surface area contributed by atoms with Crippen molar-refractivity contribution in [2.75, 3.05) is 18.4 Å². The molecule has 0 saturated heterocycles. The fraction of sp³-hybridized carbons (Fsp3) is 0.167. The topological polar surface area (TPSA) is 50.9 Å². The van der Waals surface area contributed by atoms with Crippen molar-refractivity contribution in [1.29, 1.82) is 0 Å². The molecule has 0 aliphatic rings. The van der Waals surface area contributed by atoms with Crippen LogP contribution in [-0.2, 0) is 0 Å². The van der Waals surface area contributed by atoms with E-state index in [9.17, 15) is 0 Å². The molecule has 0 saturated carbocycles. The van der Waals surface area contributed by atoms with E-state index in [0.717, 1.165) is 22.5 Å². The Labute approximate surface area is 124 Å². The van der Waals surface area contributed by atoms with Gasteiger partial charge in [-0.25, -0.2) is 4.98 Å². The molecule has 2 aromatic carbocycles. The van der Waals surface area contributed by atoms with Crippen molar-refractivity contribution in [2.24, 2.45) is 5.73 Å². The van der Waals surface area contributed by atoms with Gasteiger partial charge in [-0.15, -0.1) is 0 Å². The second-order valence-electron chi connectivity index (χ2n) is 5.16. The molecule has 0 atom stereocenters. The van der Waals surface area contributed by atoms with Crippen molar-refractivity contribution < 1.29 is 0 Å². The lowest BCUT2D eigenvalue weighted by atomic mass is 10.0. The number of hydrogen-bond acceptors (Lipinski definition) is 3. The summed E-state index contributed by atoms with van der Waals surface area (Å²) >= 11 is 0. The molecule has 0 radical (unpaired) electrons. The summed E-state index contributed by atoms with van der Waals surface area (Å²) in [5, 5.41) is 5.66. The van der Waals surface area contributed by atoms with Crippen LogP contribution in [0.4, 0.5) is 5.82 Å². The summed E-state index contributed by atoms with van der Waals surface area (Å²) < 4.78 is 0. The summed E-state index contributed by atoms with van der Waals surface area (Å²) in [6.45, 7) is 3.41. The van der Waals surface area contributed by atoms with Crippen molar-refractivity contribution in [3.05, 3.63) is 60.2 Å². The van der Waals surface area contributed by atoms with Crippen molar-refractivity contribution in [3.63, 3.8) is 0 Å². The molecule has 0 amide bonds.